The van der Waals surface area contributed by atoms with Gasteiger partial charge >= 0.3 is 0 Å². The maximum Gasteiger partial charge on any atom is 0.224 e. The van der Waals surface area contributed by atoms with E-state index in [2.05, 4.69) is 34.6 Å². The van der Waals surface area contributed by atoms with Crippen LogP contribution >= 0.6 is 0 Å². The van der Waals surface area contributed by atoms with E-state index in [-0.39, 0.29) is 17.6 Å². The summed E-state index contributed by atoms with van der Waals surface area (Å²) in [5.74, 6) is 0.157. The molecule has 7 rings (SSSR count). The van der Waals surface area contributed by atoms with E-state index >= 15 is 0 Å². The molecule has 39 heavy (non-hydrogen) atoms. The van der Waals surface area contributed by atoms with Crippen LogP contribution < -0.4 is 11.1 Å². The van der Waals surface area contributed by atoms with Crippen molar-refractivity contribution >= 4 is 38.5 Å². The summed E-state index contributed by atoms with van der Waals surface area (Å²) < 4.78 is 1.90. The normalized spacial score (nSPS) is 17.7. The summed E-state index contributed by atoms with van der Waals surface area (Å²) in [5, 5.41) is 18.6. The van der Waals surface area contributed by atoms with E-state index in [0.717, 1.165) is 69.3 Å². The van der Waals surface area contributed by atoms with Crippen molar-refractivity contribution in [2.24, 2.45) is 10.9 Å². The Morgan fingerprint density at radius 1 is 0.897 bits per heavy atom. The molecule has 0 spiro atoms. The first kappa shape index (κ1) is 23.8. The molecule has 1 aliphatic carbocycles. The fourth-order valence-corrected chi connectivity index (χ4v) is 5.58. The first-order chi connectivity index (χ1) is 19.1. The molecule has 2 heterocycles. The van der Waals surface area contributed by atoms with Gasteiger partial charge in [-0.2, -0.15) is 0 Å². The van der Waals surface area contributed by atoms with Crippen LogP contribution in [0.4, 0.5) is 0 Å². The number of hydrogen-bond donors (Lipinski definition) is 1. The zero-order valence-electron chi connectivity index (χ0n) is 21.7. The van der Waals surface area contributed by atoms with Gasteiger partial charge in [-0.3, -0.25) is 4.79 Å². The Morgan fingerprint density at radius 3 is 2.21 bits per heavy atom. The van der Waals surface area contributed by atoms with Crippen LogP contribution in [0.1, 0.15) is 32.1 Å². The minimum absolute atomic E-state index is 0.0581. The van der Waals surface area contributed by atoms with E-state index in [1.165, 1.54) is 0 Å². The second-order valence-electron chi connectivity index (χ2n) is 10.8. The Hall–Kier alpha value is -4.30. The quantitative estimate of drug-likeness (QED) is 0.347. The lowest BCUT2D eigenvalue weighted by Crippen LogP contribution is -2.43. The second-order valence-corrected chi connectivity index (χ2v) is 10.8. The van der Waals surface area contributed by atoms with Crippen LogP contribution in [0.2, 0.25) is 0 Å². The van der Waals surface area contributed by atoms with Crippen LogP contribution in [0.15, 0.2) is 84.0 Å². The van der Waals surface area contributed by atoms with Gasteiger partial charge in [0.15, 0.2) is 0 Å². The fourth-order valence-electron chi connectivity index (χ4n) is 5.58. The molecule has 1 saturated carbocycles. The van der Waals surface area contributed by atoms with E-state index < -0.39 is 0 Å². The summed E-state index contributed by atoms with van der Waals surface area (Å²) in [6.45, 7) is 1.33. The third-order valence-electron chi connectivity index (χ3n) is 8.03. The number of benzene rings is 3. The lowest BCUT2D eigenvalue weighted by Gasteiger charge is -2.31. The number of carbonyl (C=O) groups excluding carboxylic acids is 1. The number of nitrogens with two attached hydrogens (primary N) is 1. The molecule has 1 aliphatic heterocycles. The van der Waals surface area contributed by atoms with Crippen LogP contribution in [-0.4, -0.2) is 50.5 Å². The molecule has 0 atom stereocenters. The molecule has 1 amide bonds. The Bertz CT molecular complexity index is 1770. The van der Waals surface area contributed by atoms with Crippen LogP contribution in [0.5, 0.6) is 0 Å². The van der Waals surface area contributed by atoms with Crippen molar-refractivity contribution < 1.29 is 9.63 Å². The summed E-state index contributed by atoms with van der Waals surface area (Å²) in [6, 6.07) is 26.4. The highest BCUT2D eigenvalue weighted by atomic mass is 16.6. The third kappa shape index (κ3) is 4.40. The largest absolute Gasteiger partial charge is 0.392 e. The SMILES string of the molecule is NC1(CC(=O)N2CCC(O/N=c3/c4ccccc4c4nnn(-c5ccccc5)c4c4ccccc34)CC2)CC1. The number of nitrogens with zero attached hydrogens (tertiary/aromatic N) is 5. The topological polar surface area (TPSA) is 98.6 Å². The number of para-hydroxylation sites is 1. The Labute approximate surface area is 225 Å². The van der Waals surface area contributed by atoms with Crippen molar-refractivity contribution in [3.63, 3.8) is 0 Å². The maximum absolute atomic E-state index is 12.7. The number of hydrogen-bond acceptors (Lipinski definition) is 6. The molecule has 2 fully saturated rings. The van der Waals surface area contributed by atoms with Gasteiger partial charge < -0.3 is 15.5 Å². The summed E-state index contributed by atoms with van der Waals surface area (Å²) in [6.07, 6.45) is 3.77. The molecular formula is C31H30N6O2. The van der Waals surface area contributed by atoms with Crippen LogP contribution in [0.25, 0.3) is 38.3 Å². The van der Waals surface area contributed by atoms with Gasteiger partial charge in [-0.05, 0) is 25.0 Å². The van der Waals surface area contributed by atoms with Gasteiger partial charge in [-0.15, -0.1) is 5.10 Å². The first-order valence-corrected chi connectivity index (χ1v) is 13.6. The van der Waals surface area contributed by atoms with E-state index in [1.54, 1.807) is 0 Å². The molecule has 5 aromatic rings. The first-order valence-electron chi connectivity index (χ1n) is 13.6. The van der Waals surface area contributed by atoms with Crippen LogP contribution in [0.3, 0.4) is 0 Å². The number of likely N-dealkylation sites (tertiary alicyclic amines) is 1. The number of amides is 1. The Kier molecular flexibility index (Phi) is 5.77. The van der Waals surface area contributed by atoms with E-state index in [1.807, 2.05) is 64.2 Å². The number of fused-ring (bicyclic) bond motifs is 5. The molecule has 0 bridgehead atoms. The highest BCUT2D eigenvalue weighted by Crippen LogP contribution is 2.36. The summed E-state index contributed by atoms with van der Waals surface area (Å²) in [7, 11) is 0. The van der Waals surface area contributed by atoms with Crippen molar-refractivity contribution in [2.75, 3.05) is 13.1 Å². The standard InChI is InChI=1S/C31H30N6O2/c32-31(16-17-31)20-27(38)36-18-14-22(15-19-36)39-34-28-23-10-4-5-11-24(23)29-30(26-13-7-6-12-25(26)28)37(35-33-29)21-8-2-1-3-9-21/h1-13,22H,14-20,32H2/b34-28-. The summed E-state index contributed by atoms with van der Waals surface area (Å²) in [5.41, 5.74) is 8.59. The summed E-state index contributed by atoms with van der Waals surface area (Å²) in [4.78, 5) is 20.8. The predicted octanol–water partition coefficient (Wildman–Crippen LogP) is 4.43. The monoisotopic (exact) mass is 518 g/mol. The highest BCUT2D eigenvalue weighted by Gasteiger charge is 2.41. The average Bonchev–Trinajstić information content (AvgIpc) is 3.57. The van der Waals surface area contributed by atoms with Crippen molar-refractivity contribution in [3.8, 4) is 5.69 Å². The van der Waals surface area contributed by atoms with E-state index in [4.69, 9.17) is 15.7 Å². The Balaban J connectivity index is 1.30. The molecule has 0 unspecified atom stereocenters. The number of aromatic nitrogens is 3. The fraction of sp³-hybridized carbons (Fsp3) is 0.290. The molecule has 8 heteroatoms. The smallest absolute Gasteiger partial charge is 0.224 e. The summed E-state index contributed by atoms with van der Waals surface area (Å²) >= 11 is 0. The van der Waals surface area contributed by atoms with Crippen LogP contribution in [-0.2, 0) is 9.63 Å². The zero-order valence-corrected chi connectivity index (χ0v) is 21.7. The zero-order chi connectivity index (χ0) is 26.4. The lowest BCUT2D eigenvalue weighted by molar-refractivity contribution is -0.134. The lowest BCUT2D eigenvalue weighted by atomic mass is 10.1. The molecule has 196 valence electrons. The van der Waals surface area contributed by atoms with Crippen LogP contribution in [0, 0.1) is 0 Å². The van der Waals surface area contributed by atoms with Crippen molar-refractivity contribution in [1.82, 2.24) is 19.9 Å². The molecule has 1 saturated heterocycles. The third-order valence-corrected chi connectivity index (χ3v) is 8.03. The predicted molar refractivity (Wildman–Crippen MR) is 151 cm³/mol. The van der Waals surface area contributed by atoms with E-state index in [9.17, 15) is 4.79 Å². The van der Waals surface area contributed by atoms with Crippen molar-refractivity contribution in [1.29, 1.82) is 0 Å². The van der Waals surface area contributed by atoms with Gasteiger partial charge in [0.25, 0.3) is 0 Å². The minimum Gasteiger partial charge on any atom is -0.392 e. The highest BCUT2D eigenvalue weighted by molar-refractivity contribution is 6.14. The number of carbonyl (C=O) groups is 1. The number of rotatable bonds is 5. The molecule has 4 aromatic carbocycles. The minimum atomic E-state index is -0.263. The molecule has 0 radical (unpaired) electrons. The second kappa shape index (κ2) is 9.47. The molecule has 1 aromatic heterocycles. The maximum atomic E-state index is 12.7. The molecule has 8 nitrogen and oxygen atoms in total. The van der Waals surface area contributed by atoms with Gasteiger partial charge in [0.05, 0.1) is 5.69 Å². The molecular weight excluding hydrogens is 488 g/mol. The number of piperidine rings is 1. The molecule has 2 aliphatic rings. The van der Waals surface area contributed by atoms with Gasteiger partial charge in [0, 0.05) is 59.4 Å². The average molecular weight is 519 g/mol. The van der Waals surface area contributed by atoms with Crippen molar-refractivity contribution in [2.45, 2.75) is 43.7 Å². The van der Waals surface area contributed by atoms with Gasteiger partial charge in [-0.1, -0.05) is 77.1 Å². The van der Waals surface area contributed by atoms with E-state index in [0.29, 0.717) is 19.5 Å². The molecule has 2 N–H and O–H groups in total. The van der Waals surface area contributed by atoms with Gasteiger partial charge in [-0.25, -0.2) is 4.68 Å². The van der Waals surface area contributed by atoms with Gasteiger partial charge in [0.2, 0.25) is 5.91 Å². The Morgan fingerprint density at radius 2 is 1.51 bits per heavy atom. The van der Waals surface area contributed by atoms with Gasteiger partial charge in [0.1, 0.15) is 22.5 Å². The van der Waals surface area contributed by atoms with Crippen molar-refractivity contribution in [3.05, 3.63) is 84.2 Å².